The second kappa shape index (κ2) is 58.7. The molecule has 0 radical (unpaired) electrons. The molecule has 0 aromatic rings. The number of rotatable bonds is 55. The fraction of sp³-hybridized carbons (Fsp3) is 0.797. The van der Waals surface area contributed by atoms with E-state index in [1.54, 1.807) is 0 Å². The zero-order valence-corrected chi connectivity index (χ0v) is 46.5. The van der Waals surface area contributed by atoms with Crippen LogP contribution in [0.5, 0.6) is 0 Å². The summed E-state index contributed by atoms with van der Waals surface area (Å²) < 4.78 is 16.9. The monoisotopic (exact) mass is 979 g/mol. The normalized spacial score (nSPS) is 12.4. The highest BCUT2D eigenvalue weighted by Gasteiger charge is 2.19. The lowest BCUT2D eigenvalue weighted by Crippen LogP contribution is -2.30. The zero-order chi connectivity index (χ0) is 50.7. The van der Waals surface area contributed by atoms with E-state index in [2.05, 4.69) is 81.5 Å². The highest BCUT2D eigenvalue weighted by atomic mass is 16.6. The number of esters is 3. The molecular weight excluding hydrogens is 865 g/mol. The van der Waals surface area contributed by atoms with Crippen LogP contribution in [0.2, 0.25) is 0 Å². The summed E-state index contributed by atoms with van der Waals surface area (Å²) >= 11 is 0. The first-order valence-electron chi connectivity index (χ1n) is 30.3. The van der Waals surface area contributed by atoms with E-state index in [-0.39, 0.29) is 31.1 Å². The van der Waals surface area contributed by atoms with Crippen LogP contribution in [0.25, 0.3) is 0 Å². The third-order valence-corrected chi connectivity index (χ3v) is 13.3. The fourth-order valence-corrected chi connectivity index (χ4v) is 8.72. The van der Waals surface area contributed by atoms with Crippen LogP contribution in [-0.2, 0) is 28.6 Å². The van der Waals surface area contributed by atoms with E-state index in [1.807, 2.05) is 0 Å². The highest BCUT2D eigenvalue weighted by molar-refractivity contribution is 5.71. The van der Waals surface area contributed by atoms with Crippen LogP contribution in [0, 0.1) is 0 Å². The molecule has 0 bridgehead atoms. The number of unbranched alkanes of at least 4 members (excludes halogenated alkanes) is 34. The number of hydrogen-bond donors (Lipinski definition) is 0. The van der Waals surface area contributed by atoms with Gasteiger partial charge >= 0.3 is 17.9 Å². The largest absolute Gasteiger partial charge is 0.462 e. The molecule has 0 aliphatic rings. The molecule has 0 saturated heterocycles. The molecule has 0 N–H and O–H groups in total. The van der Waals surface area contributed by atoms with Crippen molar-refractivity contribution in [3.8, 4) is 0 Å². The molecule has 406 valence electrons. The Kier molecular flexibility index (Phi) is 56.3. The fourth-order valence-electron chi connectivity index (χ4n) is 8.72. The van der Waals surface area contributed by atoms with Crippen molar-refractivity contribution in [2.75, 3.05) is 13.2 Å². The number of carbonyl (C=O) groups excluding carboxylic acids is 3. The number of ether oxygens (including phenoxy) is 3. The molecule has 1 atom stereocenters. The lowest BCUT2D eigenvalue weighted by Gasteiger charge is -2.18. The lowest BCUT2D eigenvalue weighted by molar-refractivity contribution is -0.167. The van der Waals surface area contributed by atoms with Gasteiger partial charge in [0, 0.05) is 19.3 Å². The number of carbonyl (C=O) groups is 3. The van der Waals surface area contributed by atoms with Crippen molar-refractivity contribution in [2.45, 2.75) is 316 Å². The molecule has 6 heteroatoms. The van der Waals surface area contributed by atoms with Crippen molar-refractivity contribution >= 4 is 17.9 Å². The van der Waals surface area contributed by atoms with Gasteiger partial charge in [-0.25, -0.2) is 0 Å². The topological polar surface area (TPSA) is 78.9 Å². The van der Waals surface area contributed by atoms with Crippen LogP contribution in [0.15, 0.2) is 60.8 Å². The van der Waals surface area contributed by atoms with E-state index < -0.39 is 6.10 Å². The molecule has 0 aromatic carbocycles. The van der Waals surface area contributed by atoms with Crippen molar-refractivity contribution in [2.24, 2.45) is 0 Å². The van der Waals surface area contributed by atoms with Crippen LogP contribution in [0.4, 0.5) is 0 Å². The van der Waals surface area contributed by atoms with E-state index in [1.165, 1.54) is 173 Å². The predicted octanol–water partition coefficient (Wildman–Crippen LogP) is 20.4. The second-order valence-corrected chi connectivity index (χ2v) is 20.2. The standard InChI is InChI=1S/C64H114O6/c1-4-7-10-13-16-19-22-25-28-31-32-34-36-39-42-45-48-51-54-57-63(66)69-60-61(59-68-62(65)56-53-50-47-44-41-38-35-30-27-24-21-18-15-12-9-6-3)70-64(67)58-55-52-49-46-43-40-37-33-29-26-23-20-17-14-11-8-5-2/h8,11,17,20,25-26,28-29,37,40,61H,4-7,9-10,12-16,18-19,21-24,27,30-36,38-39,41-60H2,1-3H3/b11-8-,20-17-,28-25-,29-26-,40-37-. The summed E-state index contributed by atoms with van der Waals surface area (Å²) in [4.78, 5) is 38.2. The van der Waals surface area contributed by atoms with Gasteiger partial charge in [0.25, 0.3) is 0 Å². The van der Waals surface area contributed by atoms with E-state index in [0.29, 0.717) is 19.3 Å². The molecule has 70 heavy (non-hydrogen) atoms. The summed E-state index contributed by atoms with van der Waals surface area (Å²) in [5, 5.41) is 0. The molecule has 6 nitrogen and oxygen atoms in total. The summed E-state index contributed by atoms with van der Waals surface area (Å²) in [6.45, 7) is 6.54. The van der Waals surface area contributed by atoms with Gasteiger partial charge in [0.1, 0.15) is 13.2 Å². The Morgan fingerprint density at radius 3 is 0.886 bits per heavy atom. The third-order valence-electron chi connectivity index (χ3n) is 13.3. The van der Waals surface area contributed by atoms with Gasteiger partial charge in [-0.05, 0) is 83.5 Å². The Morgan fingerprint density at radius 2 is 0.557 bits per heavy atom. The molecule has 0 aliphatic carbocycles. The van der Waals surface area contributed by atoms with E-state index in [9.17, 15) is 14.4 Å². The first-order chi connectivity index (χ1) is 34.5. The summed E-state index contributed by atoms with van der Waals surface area (Å²) in [6, 6.07) is 0. The van der Waals surface area contributed by atoms with Crippen molar-refractivity contribution < 1.29 is 28.6 Å². The van der Waals surface area contributed by atoms with Crippen LogP contribution < -0.4 is 0 Å². The molecule has 0 aliphatic heterocycles. The van der Waals surface area contributed by atoms with Gasteiger partial charge in [0.15, 0.2) is 6.10 Å². The molecule has 0 saturated carbocycles. The molecule has 0 spiro atoms. The van der Waals surface area contributed by atoms with Gasteiger partial charge in [0.2, 0.25) is 0 Å². The Balaban J connectivity index is 4.39. The molecule has 0 fully saturated rings. The first kappa shape index (κ1) is 67.1. The van der Waals surface area contributed by atoms with E-state index in [4.69, 9.17) is 14.2 Å². The predicted molar refractivity (Wildman–Crippen MR) is 302 cm³/mol. The second-order valence-electron chi connectivity index (χ2n) is 20.2. The Labute approximate surface area is 434 Å². The SMILES string of the molecule is CC/C=C\C/C=C\C/C=C\C/C=C\CCCCCCC(=O)OC(COC(=O)CCCCCCCCCCC/C=C\CCCCCCCC)COC(=O)CCCCCCCCCCCCCCCCCC. The van der Waals surface area contributed by atoms with Gasteiger partial charge in [-0.1, -0.05) is 268 Å². The molecule has 0 heterocycles. The zero-order valence-electron chi connectivity index (χ0n) is 46.5. The molecule has 0 amide bonds. The first-order valence-corrected chi connectivity index (χ1v) is 30.3. The minimum atomic E-state index is -0.787. The summed E-state index contributed by atoms with van der Waals surface area (Å²) in [5.74, 6) is -0.892. The maximum absolute atomic E-state index is 12.9. The highest BCUT2D eigenvalue weighted by Crippen LogP contribution is 2.16. The molecule has 1 unspecified atom stereocenters. The minimum Gasteiger partial charge on any atom is -0.462 e. The molecule has 0 rings (SSSR count). The van der Waals surface area contributed by atoms with Crippen LogP contribution in [0.3, 0.4) is 0 Å². The Bertz CT molecular complexity index is 1260. The van der Waals surface area contributed by atoms with Gasteiger partial charge in [-0.15, -0.1) is 0 Å². The van der Waals surface area contributed by atoms with E-state index >= 15 is 0 Å². The summed E-state index contributed by atoms with van der Waals surface area (Å²) in [6.07, 6.45) is 73.6. The molecular formula is C64H114O6. The Hall–Kier alpha value is -2.89. The number of allylic oxidation sites excluding steroid dienone is 10. The molecule has 0 aromatic heterocycles. The minimum absolute atomic E-state index is 0.0818. The smallest absolute Gasteiger partial charge is 0.306 e. The maximum Gasteiger partial charge on any atom is 0.306 e. The number of hydrogen-bond acceptors (Lipinski definition) is 6. The van der Waals surface area contributed by atoms with Crippen LogP contribution >= 0.6 is 0 Å². The van der Waals surface area contributed by atoms with Crippen molar-refractivity contribution in [3.63, 3.8) is 0 Å². The van der Waals surface area contributed by atoms with Crippen LogP contribution in [0.1, 0.15) is 310 Å². The van der Waals surface area contributed by atoms with Crippen molar-refractivity contribution in [1.29, 1.82) is 0 Å². The lowest BCUT2D eigenvalue weighted by atomic mass is 10.0. The van der Waals surface area contributed by atoms with Gasteiger partial charge in [0.05, 0.1) is 0 Å². The average molecular weight is 980 g/mol. The average Bonchev–Trinajstić information content (AvgIpc) is 3.36. The summed E-state index contributed by atoms with van der Waals surface area (Å²) in [7, 11) is 0. The van der Waals surface area contributed by atoms with Crippen LogP contribution in [-0.4, -0.2) is 37.2 Å². The van der Waals surface area contributed by atoms with E-state index in [0.717, 1.165) is 96.3 Å². The summed E-state index contributed by atoms with van der Waals surface area (Å²) in [5.41, 5.74) is 0. The van der Waals surface area contributed by atoms with Gasteiger partial charge < -0.3 is 14.2 Å². The quantitative estimate of drug-likeness (QED) is 0.0261. The third kappa shape index (κ3) is 56.0. The van der Waals surface area contributed by atoms with Crippen molar-refractivity contribution in [1.82, 2.24) is 0 Å². The van der Waals surface area contributed by atoms with Gasteiger partial charge in [-0.2, -0.15) is 0 Å². The van der Waals surface area contributed by atoms with Crippen molar-refractivity contribution in [3.05, 3.63) is 60.8 Å². The Morgan fingerprint density at radius 1 is 0.300 bits per heavy atom. The maximum atomic E-state index is 12.9. The van der Waals surface area contributed by atoms with Gasteiger partial charge in [-0.3, -0.25) is 14.4 Å².